The largest absolute Gasteiger partial charge is 0.338 e. The first-order valence-corrected chi connectivity index (χ1v) is 7.21. The second-order valence-corrected chi connectivity index (χ2v) is 6.12. The zero-order valence-electron chi connectivity index (χ0n) is 9.42. The van der Waals surface area contributed by atoms with Crippen LogP contribution in [0.3, 0.4) is 0 Å². The minimum absolute atomic E-state index is 0.101. The first-order valence-electron chi connectivity index (χ1n) is 4.94. The van der Waals surface area contributed by atoms with Crippen molar-refractivity contribution in [2.24, 2.45) is 5.73 Å². The van der Waals surface area contributed by atoms with Crippen LogP contribution in [-0.4, -0.2) is 24.8 Å². The summed E-state index contributed by atoms with van der Waals surface area (Å²) in [6.45, 7) is 0.118. The first kappa shape index (κ1) is 13.0. The molecule has 0 saturated heterocycles. The van der Waals surface area contributed by atoms with E-state index in [0.29, 0.717) is 5.56 Å². The Morgan fingerprint density at radius 3 is 2.67 bits per heavy atom. The summed E-state index contributed by atoms with van der Waals surface area (Å²) in [7, 11) is -3.35. The number of aromatic nitrogens is 2. The molecule has 0 radical (unpaired) electrons. The Balaban J connectivity index is 2.55. The van der Waals surface area contributed by atoms with Gasteiger partial charge in [0.25, 0.3) is 0 Å². The summed E-state index contributed by atoms with van der Waals surface area (Å²) in [5.74, 6) is 0.522. The van der Waals surface area contributed by atoms with Crippen LogP contribution in [0.4, 0.5) is 0 Å². The summed E-state index contributed by atoms with van der Waals surface area (Å²) >= 11 is 5.87. The lowest BCUT2D eigenvalue weighted by Gasteiger charge is -2.01. The van der Waals surface area contributed by atoms with Gasteiger partial charge in [0.1, 0.15) is 0 Å². The van der Waals surface area contributed by atoms with Gasteiger partial charge in [-0.2, -0.15) is 4.98 Å². The molecule has 8 heteroatoms. The maximum absolute atomic E-state index is 11.5. The summed E-state index contributed by atoms with van der Waals surface area (Å²) < 4.78 is 27.8. The van der Waals surface area contributed by atoms with Crippen LogP contribution >= 0.6 is 11.6 Å². The molecule has 0 spiro atoms. The molecule has 2 aromatic rings. The van der Waals surface area contributed by atoms with E-state index in [1.54, 1.807) is 6.07 Å². The van der Waals surface area contributed by atoms with Crippen molar-refractivity contribution in [3.8, 4) is 11.4 Å². The van der Waals surface area contributed by atoms with E-state index >= 15 is 0 Å². The highest BCUT2D eigenvalue weighted by atomic mass is 35.5. The molecule has 0 bridgehead atoms. The number of hydrogen-bond acceptors (Lipinski definition) is 6. The first-order chi connectivity index (χ1) is 8.40. The third kappa shape index (κ3) is 2.69. The average Bonchev–Trinajstić information content (AvgIpc) is 2.75. The quantitative estimate of drug-likeness (QED) is 0.912. The number of hydrogen-bond donors (Lipinski definition) is 1. The van der Waals surface area contributed by atoms with Crippen LogP contribution in [0.2, 0.25) is 5.02 Å². The number of nitrogens with two attached hydrogens (primary N) is 1. The highest BCUT2D eigenvalue weighted by molar-refractivity contribution is 7.90. The lowest BCUT2D eigenvalue weighted by atomic mass is 10.2. The zero-order valence-corrected chi connectivity index (χ0v) is 11.0. The maximum Gasteiger partial charge on any atom is 0.240 e. The molecule has 0 atom stereocenters. The average molecular weight is 288 g/mol. The Morgan fingerprint density at radius 2 is 2.11 bits per heavy atom. The normalized spacial score (nSPS) is 11.7. The van der Waals surface area contributed by atoms with E-state index in [1.165, 1.54) is 12.1 Å². The smallest absolute Gasteiger partial charge is 0.240 e. The molecule has 2 rings (SSSR count). The van der Waals surface area contributed by atoms with Crippen molar-refractivity contribution in [2.45, 2.75) is 11.4 Å². The zero-order chi connectivity index (χ0) is 13.3. The van der Waals surface area contributed by atoms with Crippen LogP contribution in [-0.2, 0) is 16.4 Å². The van der Waals surface area contributed by atoms with Gasteiger partial charge in [-0.1, -0.05) is 16.8 Å². The van der Waals surface area contributed by atoms with Crippen LogP contribution in [0.5, 0.6) is 0 Å². The Hall–Kier alpha value is -1.44. The standard InChI is InChI=1S/C10H10ClN3O3S/c1-18(15,16)8-3-6(2-7(11)4-8)10-13-9(5-12)17-14-10/h2-4H,5,12H2,1H3. The molecular formula is C10H10ClN3O3S. The number of rotatable bonds is 3. The maximum atomic E-state index is 11.5. The molecule has 0 aliphatic rings. The number of halogens is 1. The Labute approximate surface area is 109 Å². The summed E-state index contributed by atoms with van der Waals surface area (Å²) in [5, 5.41) is 3.99. The molecule has 96 valence electrons. The fourth-order valence-electron chi connectivity index (χ4n) is 1.36. The molecule has 0 amide bonds. The van der Waals surface area contributed by atoms with Crippen molar-refractivity contribution >= 4 is 21.4 Å². The molecule has 2 N–H and O–H groups in total. The van der Waals surface area contributed by atoms with E-state index in [0.717, 1.165) is 6.26 Å². The Morgan fingerprint density at radius 1 is 1.39 bits per heavy atom. The van der Waals surface area contributed by atoms with Gasteiger partial charge in [-0.15, -0.1) is 0 Å². The summed E-state index contributed by atoms with van der Waals surface area (Å²) in [6, 6.07) is 4.36. The molecular weight excluding hydrogens is 278 g/mol. The van der Waals surface area contributed by atoms with Gasteiger partial charge >= 0.3 is 0 Å². The topological polar surface area (TPSA) is 99.1 Å². The van der Waals surface area contributed by atoms with Crippen molar-refractivity contribution in [3.05, 3.63) is 29.1 Å². The highest BCUT2D eigenvalue weighted by Crippen LogP contribution is 2.25. The minimum Gasteiger partial charge on any atom is -0.338 e. The van der Waals surface area contributed by atoms with E-state index in [4.69, 9.17) is 21.9 Å². The summed E-state index contributed by atoms with van der Waals surface area (Å²) in [4.78, 5) is 4.11. The summed E-state index contributed by atoms with van der Waals surface area (Å²) in [6.07, 6.45) is 1.10. The minimum atomic E-state index is -3.35. The fourth-order valence-corrected chi connectivity index (χ4v) is 2.34. The van der Waals surface area contributed by atoms with Crippen molar-refractivity contribution in [3.63, 3.8) is 0 Å². The molecule has 0 aliphatic carbocycles. The third-order valence-corrected chi connectivity index (χ3v) is 3.51. The summed E-state index contributed by atoms with van der Waals surface area (Å²) in [5.41, 5.74) is 5.82. The fraction of sp³-hybridized carbons (Fsp3) is 0.200. The molecule has 1 aromatic heterocycles. The van der Waals surface area contributed by atoms with Gasteiger partial charge in [-0.25, -0.2) is 8.42 Å². The van der Waals surface area contributed by atoms with Crippen LogP contribution in [0.15, 0.2) is 27.6 Å². The molecule has 0 fully saturated rings. The molecule has 1 heterocycles. The Bertz CT molecular complexity index is 681. The van der Waals surface area contributed by atoms with Crippen LogP contribution < -0.4 is 5.73 Å². The van der Waals surface area contributed by atoms with Gasteiger partial charge in [0.15, 0.2) is 9.84 Å². The van der Waals surface area contributed by atoms with Gasteiger partial charge in [0.05, 0.1) is 11.4 Å². The lowest BCUT2D eigenvalue weighted by Crippen LogP contribution is -1.98. The van der Waals surface area contributed by atoms with Gasteiger partial charge in [0.2, 0.25) is 11.7 Å². The van der Waals surface area contributed by atoms with Crippen LogP contribution in [0, 0.1) is 0 Å². The Kier molecular flexibility index (Phi) is 3.38. The molecule has 0 saturated carbocycles. The second-order valence-electron chi connectivity index (χ2n) is 3.66. The predicted octanol–water partition coefficient (Wildman–Crippen LogP) is 1.25. The number of sulfone groups is 1. The van der Waals surface area contributed by atoms with Gasteiger partial charge in [-0.05, 0) is 18.2 Å². The van der Waals surface area contributed by atoms with E-state index < -0.39 is 9.84 Å². The molecule has 18 heavy (non-hydrogen) atoms. The number of nitrogens with zero attached hydrogens (tertiary/aromatic N) is 2. The van der Waals surface area contributed by atoms with Crippen molar-refractivity contribution in [2.75, 3.05) is 6.26 Å². The van der Waals surface area contributed by atoms with Crippen molar-refractivity contribution in [1.82, 2.24) is 10.1 Å². The predicted molar refractivity (Wildman–Crippen MR) is 65.7 cm³/mol. The monoisotopic (exact) mass is 287 g/mol. The SMILES string of the molecule is CS(=O)(=O)c1cc(Cl)cc(-c2noc(CN)n2)c1. The van der Waals surface area contributed by atoms with E-state index in [1.807, 2.05) is 0 Å². The second kappa shape index (κ2) is 4.68. The van der Waals surface area contributed by atoms with Crippen molar-refractivity contribution in [1.29, 1.82) is 0 Å². The van der Waals surface area contributed by atoms with E-state index in [2.05, 4.69) is 10.1 Å². The molecule has 1 aromatic carbocycles. The van der Waals surface area contributed by atoms with Crippen LogP contribution in [0.25, 0.3) is 11.4 Å². The molecule has 0 unspecified atom stereocenters. The van der Waals surface area contributed by atoms with Gasteiger partial charge < -0.3 is 10.3 Å². The van der Waals surface area contributed by atoms with E-state index in [9.17, 15) is 8.42 Å². The number of benzene rings is 1. The molecule has 0 aliphatic heterocycles. The third-order valence-electron chi connectivity index (χ3n) is 2.20. The van der Waals surface area contributed by atoms with Gasteiger partial charge in [-0.3, -0.25) is 0 Å². The van der Waals surface area contributed by atoms with E-state index in [-0.39, 0.29) is 28.2 Å². The highest BCUT2D eigenvalue weighted by Gasteiger charge is 2.14. The van der Waals surface area contributed by atoms with Crippen LogP contribution in [0.1, 0.15) is 5.89 Å². The van der Waals surface area contributed by atoms with Gasteiger partial charge in [0, 0.05) is 16.8 Å². The lowest BCUT2D eigenvalue weighted by molar-refractivity contribution is 0.380. The molecule has 6 nitrogen and oxygen atoms in total. The van der Waals surface area contributed by atoms with Crippen molar-refractivity contribution < 1.29 is 12.9 Å².